The number of carbonyl (C=O) groups excluding carboxylic acids is 1. The number of nitrogens with one attached hydrogen (secondary N) is 2. The molecule has 0 spiro atoms. The number of aryl methyl sites for hydroxylation is 1. The van der Waals surface area contributed by atoms with Gasteiger partial charge in [-0.05, 0) is 20.8 Å². The summed E-state index contributed by atoms with van der Waals surface area (Å²) in [5.41, 5.74) is 0. The standard InChI is InChI=1S/C17H30N6OS/c1-13(2)21-15(24)12-22-7-9-23(10-8-22)17(18-4)19-6-5-16-20-11-14(3)25-16/h11,13H,5-10,12H2,1-4H3,(H,18,19)(H,21,24). The maximum atomic E-state index is 11.9. The van der Waals surface area contributed by atoms with Crippen LogP contribution in [0.3, 0.4) is 0 Å². The maximum absolute atomic E-state index is 11.9. The molecule has 25 heavy (non-hydrogen) atoms. The van der Waals surface area contributed by atoms with Crippen LogP contribution in [0.1, 0.15) is 23.7 Å². The van der Waals surface area contributed by atoms with Crippen LogP contribution in [0.5, 0.6) is 0 Å². The van der Waals surface area contributed by atoms with Crippen molar-refractivity contribution in [1.82, 2.24) is 25.4 Å². The molecule has 0 aliphatic carbocycles. The topological polar surface area (TPSA) is 72.9 Å². The molecule has 1 aromatic rings. The van der Waals surface area contributed by atoms with E-state index in [1.54, 1.807) is 11.3 Å². The summed E-state index contributed by atoms with van der Waals surface area (Å²) < 4.78 is 0. The van der Waals surface area contributed by atoms with E-state index in [1.165, 1.54) is 4.88 Å². The zero-order valence-corrected chi connectivity index (χ0v) is 16.5. The predicted octanol–water partition coefficient (Wildman–Crippen LogP) is 0.712. The van der Waals surface area contributed by atoms with Gasteiger partial charge in [0.05, 0.1) is 11.6 Å². The third-order valence-electron chi connectivity index (χ3n) is 3.99. The molecule has 1 fully saturated rings. The molecule has 1 aliphatic heterocycles. The van der Waals surface area contributed by atoms with Crippen molar-refractivity contribution in [2.24, 2.45) is 4.99 Å². The molecule has 2 heterocycles. The van der Waals surface area contributed by atoms with E-state index >= 15 is 0 Å². The number of hydrogen-bond acceptors (Lipinski definition) is 5. The largest absolute Gasteiger partial charge is 0.356 e. The second-order valence-corrected chi connectivity index (χ2v) is 7.89. The Morgan fingerprint density at radius 1 is 1.36 bits per heavy atom. The highest BCUT2D eigenvalue weighted by Gasteiger charge is 2.21. The normalized spacial score (nSPS) is 16.4. The molecule has 1 aromatic heterocycles. The van der Waals surface area contributed by atoms with E-state index in [1.807, 2.05) is 27.1 Å². The first kappa shape index (κ1) is 19.7. The van der Waals surface area contributed by atoms with Gasteiger partial charge < -0.3 is 15.5 Å². The van der Waals surface area contributed by atoms with Crippen molar-refractivity contribution >= 4 is 23.2 Å². The summed E-state index contributed by atoms with van der Waals surface area (Å²) in [4.78, 5) is 26.3. The second-order valence-electron chi connectivity index (χ2n) is 6.57. The molecular formula is C17H30N6OS. The minimum Gasteiger partial charge on any atom is -0.356 e. The highest BCUT2D eigenvalue weighted by atomic mass is 32.1. The SMILES string of the molecule is CN=C(NCCc1ncc(C)s1)N1CCN(CC(=O)NC(C)C)CC1. The van der Waals surface area contributed by atoms with Crippen LogP contribution in [0.25, 0.3) is 0 Å². The number of piperazine rings is 1. The van der Waals surface area contributed by atoms with Crippen molar-refractivity contribution in [2.45, 2.75) is 33.2 Å². The first-order valence-corrected chi connectivity index (χ1v) is 9.68. The summed E-state index contributed by atoms with van der Waals surface area (Å²) in [5.74, 6) is 1.03. The number of carbonyl (C=O) groups is 1. The lowest BCUT2D eigenvalue weighted by molar-refractivity contribution is -0.123. The summed E-state index contributed by atoms with van der Waals surface area (Å²) in [7, 11) is 1.82. The molecule has 8 heteroatoms. The average molecular weight is 367 g/mol. The number of rotatable bonds is 6. The van der Waals surface area contributed by atoms with Crippen LogP contribution < -0.4 is 10.6 Å². The quantitative estimate of drug-likeness (QED) is 0.573. The summed E-state index contributed by atoms with van der Waals surface area (Å²) in [6, 6.07) is 0.193. The van der Waals surface area contributed by atoms with Crippen molar-refractivity contribution in [1.29, 1.82) is 0 Å². The van der Waals surface area contributed by atoms with Gasteiger partial charge in [0.2, 0.25) is 5.91 Å². The minimum absolute atomic E-state index is 0.102. The second kappa shape index (κ2) is 9.72. The van der Waals surface area contributed by atoms with E-state index in [4.69, 9.17) is 0 Å². The van der Waals surface area contributed by atoms with E-state index in [0.29, 0.717) is 6.54 Å². The summed E-state index contributed by atoms with van der Waals surface area (Å²) >= 11 is 1.74. The van der Waals surface area contributed by atoms with Gasteiger partial charge in [0.15, 0.2) is 5.96 Å². The average Bonchev–Trinajstić information content (AvgIpc) is 2.97. The van der Waals surface area contributed by atoms with Crippen LogP contribution in [0, 0.1) is 6.92 Å². The van der Waals surface area contributed by atoms with Crippen molar-refractivity contribution in [2.75, 3.05) is 46.3 Å². The van der Waals surface area contributed by atoms with Gasteiger partial charge in [0.25, 0.3) is 0 Å². The van der Waals surface area contributed by atoms with Gasteiger partial charge in [-0.15, -0.1) is 11.3 Å². The molecule has 2 rings (SSSR count). The molecule has 0 aromatic carbocycles. The zero-order chi connectivity index (χ0) is 18.2. The third kappa shape index (κ3) is 6.62. The molecule has 2 N–H and O–H groups in total. The fourth-order valence-corrected chi connectivity index (χ4v) is 3.61. The number of nitrogens with zero attached hydrogens (tertiary/aromatic N) is 4. The molecule has 0 bridgehead atoms. The first-order chi connectivity index (χ1) is 12.0. The Morgan fingerprint density at radius 2 is 2.08 bits per heavy atom. The molecular weight excluding hydrogens is 336 g/mol. The molecule has 1 saturated heterocycles. The van der Waals surface area contributed by atoms with Crippen molar-refractivity contribution < 1.29 is 4.79 Å². The Balaban J connectivity index is 1.71. The molecule has 0 unspecified atom stereocenters. The Kier molecular flexibility index (Phi) is 7.64. The van der Waals surface area contributed by atoms with Crippen LogP contribution in [0.15, 0.2) is 11.2 Å². The number of aliphatic imine (C=N–C) groups is 1. The highest BCUT2D eigenvalue weighted by molar-refractivity contribution is 7.11. The van der Waals surface area contributed by atoms with Crippen LogP contribution in [0.4, 0.5) is 0 Å². The van der Waals surface area contributed by atoms with Crippen molar-refractivity contribution in [3.05, 3.63) is 16.1 Å². The smallest absolute Gasteiger partial charge is 0.234 e. The van der Waals surface area contributed by atoms with Crippen LogP contribution in [-0.4, -0.2) is 79.0 Å². The van der Waals surface area contributed by atoms with E-state index in [2.05, 4.69) is 37.3 Å². The molecule has 1 amide bonds. The minimum atomic E-state index is 0.102. The Hall–Kier alpha value is -1.67. The van der Waals surface area contributed by atoms with E-state index in [-0.39, 0.29) is 11.9 Å². The fourth-order valence-electron chi connectivity index (χ4n) is 2.82. The van der Waals surface area contributed by atoms with Crippen molar-refractivity contribution in [3.63, 3.8) is 0 Å². The zero-order valence-electron chi connectivity index (χ0n) is 15.7. The lowest BCUT2D eigenvalue weighted by Crippen LogP contribution is -2.54. The van der Waals surface area contributed by atoms with Crippen molar-refractivity contribution in [3.8, 4) is 0 Å². The lowest BCUT2D eigenvalue weighted by atomic mass is 10.3. The summed E-state index contributed by atoms with van der Waals surface area (Å²) in [5, 5.41) is 7.52. The maximum Gasteiger partial charge on any atom is 0.234 e. The highest BCUT2D eigenvalue weighted by Crippen LogP contribution is 2.11. The Morgan fingerprint density at radius 3 is 2.64 bits per heavy atom. The Bertz CT molecular complexity index is 577. The van der Waals surface area contributed by atoms with Gasteiger partial charge in [0.1, 0.15) is 0 Å². The van der Waals surface area contributed by atoms with Gasteiger partial charge >= 0.3 is 0 Å². The van der Waals surface area contributed by atoms with Gasteiger partial charge in [-0.25, -0.2) is 4.98 Å². The van der Waals surface area contributed by atoms with E-state index in [9.17, 15) is 4.79 Å². The van der Waals surface area contributed by atoms with E-state index < -0.39 is 0 Å². The van der Waals surface area contributed by atoms with Gasteiger partial charge in [0, 0.05) is 63.3 Å². The predicted molar refractivity (Wildman–Crippen MR) is 103 cm³/mol. The number of guanidine groups is 1. The van der Waals surface area contributed by atoms with Crippen LogP contribution in [-0.2, 0) is 11.2 Å². The van der Waals surface area contributed by atoms with Crippen LogP contribution >= 0.6 is 11.3 Å². The molecule has 0 saturated carbocycles. The van der Waals surface area contributed by atoms with Crippen LogP contribution in [0.2, 0.25) is 0 Å². The number of amides is 1. The molecule has 0 atom stereocenters. The monoisotopic (exact) mass is 366 g/mol. The molecule has 7 nitrogen and oxygen atoms in total. The first-order valence-electron chi connectivity index (χ1n) is 8.86. The van der Waals surface area contributed by atoms with Gasteiger partial charge in [-0.2, -0.15) is 0 Å². The van der Waals surface area contributed by atoms with Gasteiger partial charge in [-0.1, -0.05) is 0 Å². The molecule has 1 aliphatic rings. The van der Waals surface area contributed by atoms with Gasteiger partial charge in [-0.3, -0.25) is 14.7 Å². The van der Waals surface area contributed by atoms with E-state index in [0.717, 1.165) is 50.1 Å². The summed E-state index contributed by atoms with van der Waals surface area (Å²) in [6.07, 6.45) is 2.83. The molecule has 0 radical (unpaired) electrons. The molecule has 140 valence electrons. The third-order valence-corrected chi connectivity index (χ3v) is 4.96. The Labute approximate surface area is 154 Å². The number of aromatic nitrogens is 1. The fraction of sp³-hybridized carbons (Fsp3) is 0.706. The number of thiazole rings is 1. The number of hydrogen-bond donors (Lipinski definition) is 2. The summed E-state index contributed by atoms with van der Waals surface area (Å²) in [6.45, 7) is 10.9. The lowest BCUT2D eigenvalue weighted by Gasteiger charge is -2.36.